The topological polar surface area (TPSA) is 65.5 Å². The van der Waals surface area contributed by atoms with Crippen LogP contribution in [-0.4, -0.2) is 23.7 Å². The van der Waals surface area contributed by atoms with Gasteiger partial charge in [-0.05, 0) is 6.08 Å². The lowest BCUT2D eigenvalue weighted by Crippen LogP contribution is -2.33. The van der Waals surface area contributed by atoms with E-state index in [1.165, 1.54) is 5.01 Å². The zero-order valence-electron chi connectivity index (χ0n) is 4.91. The minimum Gasteiger partial charge on any atom is -0.369 e. The quantitative estimate of drug-likeness (QED) is 0.345. The Hall–Kier alpha value is -1.32. The fraction of sp³-hybridized carbons (Fsp3) is 0.200. The van der Waals surface area contributed by atoms with Gasteiger partial charge in [-0.3, -0.25) is 5.41 Å². The smallest absolute Gasteiger partial charge is 0.209 e. The van der Waals surface area contributed by atoms with Gasteiger partial charge < -0.3 is 5.73 Å². The lowest BCUT2D eigenvalue weighted by Gasteiger charge is -2.15. The van der Waals surface area contributed by atoms with Crippen LogP contribution >= 0.6 is 0 Å². The fourth-order valence-corrected chi connectivity index (χ4v) is 0.548. The van der Waals surface area contributed by atoms with E-state index in [2.05, 4.69) is 5.10 Å². The van der Waals surface area contributed by atoms with Crippen molar-refractivity contribution in [2.24, 2.45) is 10.8 Å². The highest BCUT2D eigenvalue weighted by Crippen LogP contribution is 1.91. The minimum atomic E-state index is -0.0180. The van der Waals surface area contributed by atoms with Crippen LogP contribution in [0.3, 0.4) is 0 Å². The standard InChI is InChI=1S/C5H8N4/c6-5(7)9-4-2-1-3-8-9/h1-3H,4H2,(H3,6,7). The molecule has 1 heterocycles. The van der Waals surface area contributed by atoms with Crippen LogP contribution < -0.4 is 5.73 Å². The number of hydrogen-bond donors (Lipinski definition) is 2. The Morgan fingerprint density at radius 3 is 2.89 bits per heavy atom. The van der Waals surface area contributed by atoms with Crippen LogP contribution in [0.15, 0.2) is 17.3 Å². The summed E-state index contributed by atoms with van der Waals surface area (Å²) in [4.78, 5) is 0. The van der Waals surface area contributed by atoms with Crippen molar-refractivity contribution in [2.45, 2.75) is 0 Å². The van der Waals surface area contributed by atoms with E-state index >= 15 is 0 Å². The number of hydrogen-bond acceptors (Lipinski definition) is 2. The van der Waals surface area contributed by atoms with Crippen LogP contribution in [0, 0.1) is 5.41 Å². The van der Waals surface area contributed by atoms with E-state index in [4.69, 9.17) is 11.1 Å². The first-order chi connectivity index (χ1) is 4.30. The van der Waals surface area contributed by atoms with Crippen LogP contribution in [0.25, 0.3) is 0 Å². The number of guanidine groups is 1. The van der Waals surface area contributed by atoms with E-state index in [-0.39, 0.29) is 5.96 Å². The zero-order chi connectivity index (χ0) is 6.69. The van der Waals surface area contributed by atoms with Gasteiger partial charge in [0.1, 0.15) is 0 Å². The summed E-state index contributed by atoms with van der Waals surface area (Å²) < 4.78 is 0. The molecule has 0 saturated heterocycles. The van der Waals surface area contributed by atoms with E-state index in [9.17, 15) is 0 Å². The van der Waals surface area contributed by atoms with E-state index in [1.54, 1.807) is 6.21 Å². The second-order valence-electron chi connectivity index (χ2n) is 1.66. The molecule has 0 aromatic rings. The predicted octanol–water partition coefficient (Wildman–Crippen LogP) is -0.263. The number of rotatable bonds is 0. The molecule has 0 aliphatic carbocycles. The summed E-state index contributed by atoms with van der Waals surface area (Å²) in [6, 6.07) is 0. The number of hydrazone groups is 1. The Morgan fingerprint density at radius 2 is 2.56 bits per heavy atom. The van der Waals surface area contributed by atoms with E-state index in [0.29, 0.717) is 6.54 Å². The van der Waals surface area contributed by atoms with Crippen molar-refractivity contribution < 1.29 is 0 Å². The maximum atomic E-state index is 6.94. The lowest BCUT2D eigenvalue weighted by atomic mass is 10.5. The number of nitrogens with two attached hydrogens (primary N) is 1. The molecule has 4 nitrogen and oxygen atoms in total. The normalized spacial score (nSPS) is 16.2. The minimum absolute atomic E-state index is 0.0180. The van der Waals surface area contributed by atoms with Crippen LogP contribution in [0.1, 0.15) is 0 Å². The fourth-order valence-electron chi connectivity index (χ4n) is 0.548. The Bertz CT molecular complexity index is 170. The molecular weight excluding hydrogens is 116 g/mol. The van der Waals surface area contributed by atoms with Crippen LogP contribution in [0.4, 0.5) is 0 Å². The van der Waals surface area contributed by atoms with Crippen molar-refractivity contribution in [1.82, 2.24) is 5.01 Å². The first-order valence-corrected chi connectivity index (χ1v) is 2.61. The molecule has 0 radical (unpaired) electrons. The van der Waals surface area contributed by atoms with Gasteiger partial charge >= 0.3 is 0 Å². The molecule has 0 saturated carbocycles. The molecule has 9 heavy (non-hydrogen) atoms. The van der Waals surface area contributed by atoms with E-state index in [1.807, 2.05) is 12.2 Å². The average molecular weight is 124 g/mol. The third-order valence-corrected chi connectivity index (χ3v) is 0.985. The molecule has 1 rings (SSSR count). The third kappa shape index (κ3) is 1.28. The molecule has 0 amide bonds. The largest absolute Gasteiger partial charge is 0.369 e. The van der Waals surface area contributed by atoms with Gasteiger partial charge in [0.25, 0.3) is 0 Å². The van der Waals surface area contributed by atoms with Gasteiger partial charge in [-0.15, -0.1) is 0 Å². The first kappa shape index (κ1) is 5.81. The Kier molecular flexibility index (Phi) is 1.48. The summed E-state index contributed by atoms with van der Waals surface area (Å²) in [6.45, 7) is 0.603. The summed E-state index contributed by atoms with van der Waals surface area (Å²) in [7, 11) is 0. The van der Waals surface area contributed by atoms with Crippen molar-refractivity contribution >= 4 is 12.2 Å². The van der Waals surface area contributed by atoms with Gasteiger partial charge in [0, 0.05) is 6.21 Å². The number of allylic oxidation sites excluding steroid dienone is 1. The average Bonchev–Trinajstić information content (AvgIpc) is 1.90. The molecule has 1 aliphatic rings. The Morgan fingerprint density at radius 1 is 1.78 bits per heavy atom. The van der Waals surface area contributed by atoms with Crippen molar-refractivity contribution in [2.75, 3.05) is 6.54 Å². The van der Waals surface area contributed by atoms with E-state index in [0.717, 1.165) is 0 Å². The van der Waals surface area contributed by atoms with Gasteiger partial charge in [-0.25, -0.2) is 5.01 Å². The Balaban J connectivity index is 2.56. The molecular formula is C5H8N4. The van der Waals surface area contributed by atoms with Gasteiger partial charge in [0.15, 0.2) is 0 Å². The molecule has 3 N–H and O–H groups in total. The number of nitrogens with one attached hydrogen (secondary N) is 1. The van der Waals surface area contributed by atoms with Crippen molar-refractivity contribution in [1.29, 1.82) is 5.41 Å². The van der Waals surface area contributed by atoms with Crippen LogP contribution in [-0.2, 0) is 0 Å². The first-order valence-electron chi connectivity index (χ1n) is 2.61. The molecule has 0 fully saturated rings. The summed E-state index contributed by atoms with van der Waals surface area (Å²) in [6.07, 6.45) is 5.30. The van der Waals surface area contributed by atoms with Crippen molar-refractivity contribution in [3.05, 3.63) is 12.2 Å². The van der Waals surface area contributed by atoms with Crippen LogP contribution in [0.2, 0.25) is 0 Å². The predicted molar refractivity (Wildman–Crippen MR) is 36.3 cm³/mol. The van der Waals surface area contributed by atoms with Crippen LogP contribution in [0.5, 0.6) is 0 Å². The van der Waals surface area contributed by atoms with Gasteiger partial charge in [0.05, 0.1) is 6.54 Å². The molecule has 0 aromatic carbocycles. The second-order valence-corrected chi connectivity index (χ2v) is 1.66. The van der Waals surface area contributed by atoms with Gasteiger partial charge in [-0.1, -0.05) is 6.08 Å². The highest BCUT2D eigenvalue weighted by molar-refractivity contribution is 5.79. The molecule has 0 unspecified atom stereocenters. The molecule has 48 valence electrons. The molecule has 1 aliphatic heterocycles. The van der Waals surface area contributed by atoms with Gasteiger partial charge in [-0.2, -0.15) is 5.10 Å². The van der Waals surface area contributed by atoms with E-state index < -0.39 is 0 Å². The summed E-state index contributed by atoms with van der Waals surface area (Å²) in [5, 5.41) is 12.1. The molecule has 4 heteroatoms. The van der Waals surface area contributed by atoms with Crippen molar-refractivity contribution in [3.63, 3.8) is 0 Å². The third-order valence-electron chi connectivity index (χ3n) is 0.985. The zero-order valence-corrected chi connectivity index (χ0v) is 4.91. The Labute approximate surface area is 53.2 Å². The summed E-state index contributed by atoms with van der Waals surface area (Å²) in [5.41, 5.74) is 5.13. The highest BCUT2D eigenvalue weighted by atomic mass is 15.5. The SMILES string of the molecule is N=C(N)N1CC=CC=N1. The molecule has 0 aromatic heterocycles. The monoisotopic (exact) mass is 124 g/mol. The summed E-state index contributed by atoms with van der Waals surface area (Å²) >= 11 is 0. The summed E-state index contributed by atoms with van der Waals surface area (Å²) in [5.74, 6) is -0.0180. The van der Waals surface area contributed by atoms with Gasteiger partial charge in [0.2, 0.25) is 5.96 Å². The lowest BCUT2D eigenvalue weighted by molar-refractivity contribution is 0.483. The second kappa shape index (κ2) is 2.30. The maximum absolute atomic E-state index is 6.94. The highest BCUT2D eigenvalue weighted by Gasteiger charge is 2.01. The van der Waals surface area contributed by atoms with Crippen molar-refractivity contribution in [3.8, 4) is 0 Å². The maximum Gasteiger partial charge on any atom is 0.209 e. The number of nitrogens with zero attached hydrogens (tertiary/aromatic N) is 2. The molecule has 0 spiro atoms. The molecule has 0 bridgehead atoms. The molecule has 0 atom stereocenters.